The first-order valence-corrected chi connectivity index (χ1v) is 6.07. The van der Waals surface area contributed by atoms with E-state index in [1.165, 1.54) is 7.11 Å². The number of esters is 2. The second-order valence-electron chi connectivity index (χ2n) is 4.06. The largest absolute Gasteiger partial charge is 0.468 e. The molecule has 1 unspecified atom stereocenters. The minimum atomic E-state index is -0.383. The summed E-state index contributed by atoms with van der Waals surface area (Å²) in [6.45, 7) is 6.67. The quantitative estimate of drug-likeness (QED) is 0.477. The van der Waals surface area contributed by atoms with Crippen LogP contribution in [0.1, 0.15) is 20.8 Å². The van der Waals surface area contributed by atoms with Crippen molar-refractivity contribution >= 4 is 11.9 Å². The molecule has 0 bridgehead atoms. The van der Waals surface area contributed by atoms with Crippen LogP contribution in [0, 0.1) is 5.92 Å². The van der Waals surface area contributed by atoms with Gasteiger partial charge in [0.15, 0.2) is 0 Å². The summed E-state index contributed by atoms with van der Waals surface area (Å²) in [5, 5.41) is 3.02. The second kappa shape index (κ2) is 9.85. The molecular weight excluding hydrogens is 238 g/mol. The topological polar surface area (TPSA) is 73.9 Å². The highest BCUT2D eigenvalue weighted by atomic mass is 16.6. The number of carbonyl (C=O) groups excluding carboxylic acids is 2. The fourth-order valence-corrected chi connectivity index (χ4v) is 1.36. The van der Waals surface area contributed by atoms with Crippen LogP contribution in [0.15, 0.2) is 0 Å². The highest BCUT2D eigenvalue weighted by molar-refractivity contribution is 5.75. The molecular formula is C12H23NO5. The van der Waals surface area contributed by atoms with Gasteiger partial charge >= 0.3 is 11.9 Å². The van der Waals surface area contributed by atoms with Gasteiger partial charge in [0.05, 0.1) is 20.3 Å². The Labute approximate surface area is 108 Å². The van der Waals surface area contributed by atoms with E-state index in [9.17, 15) is 9.59 Å². The fourth-order valence-electron chi connectivity index (χ4n) is 1.36. The van der Waals surface area contributed by atoms with Crippen molar-refractivity contribution in [1.29, 1.82) is 0 Å². The van der Waals surface area contributed by atoms with E-state index in [0.29, 0.717) is 19.8 Å². The average Bonchev–Trinajstić information content (AvgIpc) is 2.32. The zero-order chi connectivity index (χ0) is 14.0. The zero-order valence-corrected chi connectivity index (χ0v) is 11.5. The molecule has 0 aromatic carbocycles. The Morgan fingerprint density at radius 1 is 1.28 bits per heavy atom. The normalized spacial score (nSPS) is 12.3. The molecule has 1 N–H and O–H groups in total. The molecule has 0 aliphatic rings. The predicted octanol–water partition coefficient (Wildman–Crippen LogP) is 0.353. The molecule has 18 heavy (non-hydrogen) atoms. The Morgan fingerprint density at radius 2 is 1.94 bits per heavy atom. The maximum atomic E-state index is 11.4. The third-order valence-electron chi connectivity index (χ3n) is 2.26. The van der Waals surface area contributed by atoms with Gasteiger partial charge < -0.3 is 19.5 Å². The minimum Gasteiger partial charge on any atom is -0.468 e. The fraction of sp³-hybridized carbons (Fsp3) is 0.833. The molecule has 0 rings (SSSR count). The van der Waals surface area contributed by atoms with Crippen molar-refractivity contribution in [3.63, 3.8) is 0 Å². The van der Waals surface area contributed by atoms with Gasteiger partial charge in [-0.25, -0.2) is 4.79 Å². The van der Waals surface area contributed by atoms with Gasteiger partial charge in [-0.3, -0.25) is 4.79 Å². The number of hydrogen-bond acceptors (Lipinski definition) is 6. The first kappa shape index (κ1) is 16.9. The summed E-state index contributed by atoms with van der Waals surface area (Å²) in [6, 6.07) is -0.360. The van der Waals surface area contributed by atoms with Crippen LogP contribution in [-0.2, 0) is 23.8 Å². The van der Waals surface area contributed by atoms with Gasteiger partial charge in [0.2, 0.25) is 0 Å². The predicted molar refractivity (Wildman–Crippen MR) is 66.1 cm³/mol. The van der Waals surface area contributed by atoms with Crippen molar-refractivity contribution in [1.82, 2.24) is 5.32 Å². The lowest BCUT2D eigenvalue weighted by Gasteiger charge is -2.19. The lowest BCUT2D eigenvalue weighted by atomic mass is 10.1. The van der Waals surface area contributed by atoms with Crippen LogP contribution in [0.25, 0.3) is 0 Å². The standard InChI is InChI=1S/C12H23NO5/c1-5-18-10(14)8-17-7-6-13-11(9(2)3)12(15)16-4/h9,11,13H,5-8H2,1-4H3. The summed E-state index contributed by atoms with van der Waals surface area (Å²) in [7, 11) is 1.36. The van der Waals surface area contributed by atoms with Gasteiger partial charge in [0.1, 0.15) is 12.6 Å². The molecule has 1 atom stereocenters. The molecule has 0 aromatic heterocycles. The van der Waals surface area contributed by atoms with Gasteiger partial charge in [-0.2, -0.15) is 0 Å². The number of ether oxygens (including phenoxy) is 3. The summed E-state index contributed by atoms with van der Waals surface area (Å²) in [4.78, 5) is 22.4. The lowest BCUT2D eigenvalue weighted by Crippen LogP contribution is -2.43. The second-order valence-corrected chi connectivity index (χ2v) is 4.06. The van der Waals surface area contributed by atoms with Crippen molar-refractivity contribution in [2.24, 2.45) is 5.92 Å². The van der Waals surface area contributed by atoms with E-state index in [0.717, 1.165) is 0 Å². The highest BCUT2D eigenvalue weighted by Gasteiger charge is 2.21. The van der Waals surface area contributed by atoms with E-state index >= 15 is 0 Å². The zero-order valence-electron chi connectivity index (χ0n) is 11.5. The van der Waals surface area contributed by atoms with E-state index in [4.69, 9.17) is 9.47 Å². The Morgan fingerprint density at radius 3 is 2.44 bits per heavy atom. The Balaban J connectivity index is 3.74. The summed E-state index contributed by atoms with van der Waals surface area (Å²) in [5.41, 5.74) is 0. The third-order valence-corrected chi connectivity index (χ3v) is 2.26. The van der Waals surface area contributed by atoms with Crippen LogP contribution in [0.4, 0.5) is 0 Å². The molecule has 0 aliphatic heterocycles. The molecule has 0 fully saturated rings. The molecule has 0 spiro atoms. The summed E-state index contributed by atoms with van der Waals surface area (Å²) < 4.78 is 14.5. The molecule has 0 aliphatic carbocycles. The van der Waals surface area contributed by atoms with Crippen molar-refractivity contribution in [2.75, 3.05) is 33.5 Å². The SMILES string of the molecule is CCOC(=O)COCCNC(C(=O)OC)C(C)C. The Hall–Kier alpha value is -1.14. The number of hydrogen-bond donors (Lipinski definition) is 1. The average molecular weight is 261 g/mol. The monoisotopic (exact) mass is 261 g/mol. The van der Waals surface area contributed by atoms with Crippen LogP contribution < -0.4 is 5.32 Å². The van der Waals surface area contributed by atoms with Crippen LogP contribution in [0.5, 0.6) is 0 Å². The maximum Gasteiger partial charge on any atom is 0.332 e. The van der Waals surface area contributed by atoms with Crippen molar-refractivity contribution in [3.05, 3.63) is 0 Å². The van der Waals surface area contributed by atoms with Gasteiger partial charge in [-0.15, -0.1) is 0 Å². The smallest absolute Gasteiger partial charge is 0.332 e. The molecule has 106 valence electrons. The van der Waals surface area contributed by atoms with E-state index in [2.05, 4.69) is 10.1 Å². The van der Waals surface area contributed by atoms with Crippen molar-refractivity contribution < 1.29 is 23.8 Å². The van der Waals surface area contributed by atoms with Crippen LogP contribution in [0.3, 0.4) is 0 Å². The molecule has 0 aromatic rings. The minimum absolute atomic E-state index is 0.0694. The van der Waals surface area contributed by atoms with E-state index < -0.39 is 0 Å². The summed E-state index contributed by atoms with van der Waals surface area (Å²) in [6.07, 6.45) is 0. The van der Waals surface area contributed by atoms with Crippen molar-refractivity contribution in [3.8, 4) is 0 Å². The van der Waals surface area contributed by atoms with Crippen molar-refractivity contribution in [2.45, 2.75) is 26.8 Å². The lowest BCUT2D eigenvalue weighted by molar-refractivity contribution is -0.149. The number of carbonyl (C=O) groups is 2. The molecule has 0 saturated carbocycles. The van der Waals surface area contributed by atoms with Crippen LogP contribution in [-0.4, -0.2) is 51.5 Å². The summed E-state index contributed by atoms with van der Waals surface area (Å²) in [5.74, 6) is -0.552. The summed E-state index contributed by atoms with van der Waals surface area (Å²) >= 11 is 0. The van der Waals surface area contributed by atoms with Crippen LogP contribution in [0.2, 0.25) is 0 Å². The maximum absolute atomic E-state index is 11.4. The molecule has 0 saturated heterocycles. The number of methoxy groups -OCH3 is 1. The molecule has 0 heterocycles. The van der Waals surface area contributed by atoms with Gasteiger partial charge in [0.25, 0.3) is 0 Å². The first-order valence-electron chi connectivity index (χ1n) is 6.07. The van der Waals surface area contributed by atoms with E-state index in [1.807, 2.05) is 13.8 Å². The Bertz CT molecular complexity index is 255. The molecule has 6 nitrogen and oxygen atoms in total. The van der Waals surface area contributed by atoms with Crippen LogP contribution >= 0.6 is 0 Å². The van der Waals surface area contributed by atoms with Gasteiger partial charge in [-0.05, 0) is 12.8 Å². The molecule has 6 heteroatoms. The molecule has 0 amide bonds. The molecule has 0 radical (unpaired) electrons. The first-order chi connectivity index (χ1) is 8.52. The highest BCUT2D eigenvalue weighted by Crippen LogP contribution is 2.02. The Kier molecular flexibility index (Phi) is 9.22. The van der Waals surface area contributed by atoms with Gasteiger partial charge in [0, 0.05) is 6.54 Å². The van der Waals surface area contributed by atoms with E-state index in [-0.39, 0.29) is 30.5 Å². The van der Waals surface area contributed by atoms with E-state index in [1.54, 1.807) is 6.92 Å². The third kappa shape index (κ3) is 7.24. The number of rotatable bonds is 9. The van der Waals surface area contributed by atoms with Gasteiger partial charge in [-0.1, -0.05) is 13.8 Å². The number of nitrogens with one attached hydrogen (secondary N) is 1.